The highest BCUT2D eigenvalue weighted by Gasteiger charge is 2.28. The van der Waals surface area contributed by atoms with Gasteiger partial charge in [-0.1, -0.05) is 0 Å². The molecule has 10 heteroatoms. The molecule has 1 aromatic carbocycles. The Labute approximate surface area is 161 Å². The van der Waals surface area contributed by atoms with Crippen LogP contribution >= 0.6 is 0 Å². The van der Waals surface area contributed by atoms with Gasteiger partial charge >= 0.3 is 0 Å². The largest absolute Gasteiger partial charge is 0.493 e. The van der Waals surface area contributed by atoms with Crippen molar-refractivity contribution in [3.05, 3.63) is 46.3 Å². The number of anilines is 1. The second kappa shape index (κ2) is 8.51. The van der Waals surface area contributed by atoms with Crippen molar-refractivity contribution >= 4 is 17.5 Å². The number of ether oxygens (including phenoxy) is 2. The second-order valence-corrected chi connectivity index (χ2v) is 6.29. The number of hydrogen-bond donors (Lipinski definition) is 1. The minimum Gasteiger partial charge on any atom is -0.493 e. The molecule has 1 saturated heterocycles. The van der Waals surface area contributed by atoms with Crippen molar-refractivity contribution < 1.29 is 19.2 Å². The smallest absolute Gasteiger partial charge is 0.286 e. The number of nitrogens with one attached hydrogen (secondary N) is 1. The van der Waals surface area contributed by atoms with E-state index in [1.165, 1.54) is 26.4 Å². The van der Waals surface area contributed by atoms with Crippen LogP contribution in [0.4, 0.5) is 11.6 Å². The van der Waals surface area contributed by atoms with Gasteiger partial charge in [0.1, 0.15) is 5.56 Å². The molecule has 1 fully saturated rings. The Balaban J connectivity index is 1.79. The number of aromatic nitrogens is 2. The Morgan fingerprint density at radius 3 is 2.57 bits per heavy atom. The fraction of sp³-hybridized carbons (Fsp3) is 0.389. The zero-order valence-corrected chi connectivity index (χ0v) is 15.6. The number of nitrogens with zero attached hydrogens (tertiary/aromatic N) is 4. The molecule has 1 aliphatic heterocycles. The highest BCUT2D eigenvalue weighted by molar-refractivity contribution is 5.99. The van der Waals surface area contributed by atoms with E-state index in [4.69, 9.17) is 9.47 Å². The molecule has 0 saturated carbocycles. The molecule has 10 nitrogen and oxygen atoms in total. The summed E-state index contributed by atoms with van der Waals surface area (Å²) in [6.45, 7) is 1.31. The Morgan fingerprint density at radius 2 is 1.93 bits per heavy atom. The van der Waals surface area contributed by atoms with Crippen molar-refractivity contribution in [1.29, 1.82) is 0 Å². The number of nitro groups is 1. The van der Waals surface area contributed by atoms with E-state index < -0.39 is 10.8 Å². The number of carbonyl (C=O) groups is 1. The van der Waals surface area contributed by atoms with Crippen molar-refractivity contribution in [2.45, 2.75) is 18.9 Å². The fourth-order valence-corrected chi connectivity index (χ4v) is 3.20. The maximum atomic E-state index is 12.8. The molecule has 1 amide bonds. The van der Waals surface area contributed by atoms with Gasteiger partial charge in [-0.05, 0) is 18.9 Å². The van der Waals surface area contributed by atoms with E-state index in [0.29, 0.717) is 12.5 Å². The minimum atomic E-state index is -0.609. The summed E-state index contributed by atoms with van der Waals surface area (Å²) >= 11 is 0. The van der Waals surface area contributed by atoms with Crippen molar-refractivity contribution in [3.8, 4) is 11.5 Å². The molecule has 0 aliphatic carbocycles. The third-order valence-electron chi connectivity index (χ3n) is 4.53. The lowest BCUT2D eigenvalue weighted by Gasteiger charge is -2.33. The number of amides is 1. The van der Waals surface area contributed by atoms with E-state index in [1.54, 1.807) is 18.5 Å². The highest BCUT2D eigenvalue weighted by Crippen LogP contribution is 2.34. The van der Waals surface area contributed by atoms with Gasteiger partial charge < -0.3 is 19.7 Å². The maximum absolute atomic E-state index is 12.8. The fourth-order valence-electron chi connectivity index (χ4n) is 3.20. The SMILES string of the molecule is COc1cc(C(=O)NC2CCCN(c3ncccn3)C2)c([N+](=O)[O-])cc1OC. The first kappa shape index (κ1) is 19.3. The summed E-state index contributed by atoms with van der Waals surface area (Å²) in [6.07, 6.45) is 4.93. The van der Waals surface area contributed by atoms with Gasteiger partial charge in [0.2, 0.25) is 5.95 Å². The Kier molecular flexibility index (Phi) is 5.87. The number of nitro benzene ring substituents is 1. The van der Waals surface area contributed by atoms with E-state index >= 15 is 0 Å². The first-order chi connectivity index (χ1) is 13.5. The Bertz CT molecular complexity index is 861. The predicted octanol–water partition coefficient (Wildman–Crippen LogP) is 1.80. The molecule has 1 aliphatic rings. The Hall–Kier alpha value is -3.43. The number of rotatable bonds is 6. The summed E-state index contributed by atoms with van der Waals surface area (Å²) in [5.41, 5.74) is -0.412. The van der Waals surface area contributed by atoms with Crippen molar-refractivity contribution in [2.75, 3.05) is 32.2 Å². The van der Waals surface area contributed by atoms with Gasteiger partial charge in [0.25, 0.3) is 11.6 Å². The lowest BCUT2D eigenvalue weighted by atomic mass is 10.0. The van der Waals surface area contributed by atoms with Crippen LogP contribution in [0.15, 0.2) is 30.6 Å². The topological polar surface area (TPSA) is 120 Å². The number of piperidine rings is 1. The van der Waals surface area contributed by atoms with Crippen LogP contribution in [0.2, 0.25) is 0 Å². The summed E-state index contributed by atoms with van der Waals surface area (Å²) < 4.78 is 10.3. The predicted molar refractivity (Wildman–Crippen MR) is 101 cm³/mol. The molecule has 28 heavy (non-hydrogen) atoms. The molecule has 1 aromatic heterocycles. The summed E-state index contributed by atoms with van der Waals surface area (Å²) in [5, 5.41) is 14.3. The number of benzene rings is 1. The maximum Gasteiger partial charge on any atom is 0.286 e. The van der Waals surface area contributed by atoms with Gasteiger partial charge in [0, 0.05) is 37.6 Å². The van der Waals surface area contributed by atoms with E-state index in [0.717, 1.165) is 19.4 Å². The molecule has 148 valence electrons. The molecule has 1 N–H and O–H groups in total. The lowest BCUT2D eigenvalue weighted by molar-refractivity contribution is -0.385. The summed E-state index contributed by atoms with van der Waals surface area (Å²) in [6, 6.07) is 4.08. The van der Waals surface area contributed by atoms with Gasteiger partial charge in [0.05, 0.1) is 25.2 Å². The first-order valence-corrected chi connectivity index (χ1v) is 8.76. The molecule has 2 heterocycles. The van der Waals surface area contributed by atoms with Gasteiger partial charge in [-0.2, -0.15) is 0 Å². The van der Waals surface area contributed by atoms with E-state index in [2.05, 4.69) is 15.3 Å². The van der Waals surface area contributed by atoms with Crippen LogP contribution < -0.4 is 19.7 Å². The second-order valence-electron chi connectivity index (χ2n) is 6.29. The highest BCUT2D eigenvalue weighted by atomic mass is 16.6. The normalized spacial score (nSPS) is 16.4. The van der Waals surface area contributed by atoms with E-state index in [1.807, 2.05) is 4.90 Å². The number of hydrogen-bond acceptors (Lipinski definition) is 8. The van der Waals surface area contributed by atoms with Crippen LogP contribution in [-0.2, 0) is 0 Å². The zero-order valence-electron chi connectivity index (χ0n) is 15.6. The standard InChI is InChI=1S/C18H21N5O5/c1-27-15-9-13(14(23(25)26)10-16(15)28-2)17(24)21-12-5-3-8-22(11-12)18-19-6-4-7-20-18/h4,6-7,9-10,12H,3,5,8,11H2,1-2H3,(H,21,24). The molecule has 0 radical (unpaired) electrons. The van der Waals surface area contributed by atoms with Crippen LogP contribution in [0.25, 0.3) is 0 Å². The molecule has 1 unspecified atom stereocenters. The van der Waals surface area contributed by atoms with E-state index in [-0.39, 0.29) is 28.8 Å². The van der Waals surface area contributed by atoms with Gasteiger partial charge in [0.15, 0.2) is 11.5 Å². The average Bonchev–Trinajstić information content (AvgIpc) is 2.73. The molecule has 3 rings (SSSR count). The number of carbonyl (C=O) groups excluding carboxylic acids is 1. The summed E-state index contributed by atoms with van der Waals surface area (Å²) in [7, 11) is 2.79. The quantitative estimate of drug-likeness (QED) is 0.588. The van der Waals surface area contributed by atoms with Gasteiger partial charge in [-0.15, -0.1) is 0 Å². The van der Waals surface area contributed by atoms with Crippen LogP contribution in [0.3, 0.4) is 0 Å². The van der Waals surface area contributed by atoms with Crippen molar-refractivity contribution in [2.24, 2.45) is 0 Å². The van der Waals surface area contributed by atoms with Crippen LogP contribution in [0, 0.1) is 10.1 Å². The number of methoxy groups -OCH3 is 2. The molecular formula is C18H21N5O5. The first-order valence-electron chi connectivity index (χ1n) is 8.76. The van der Waals surface area contributed by atoms with Gasteiger partial charge in [-0.3, -0.25) is 14.9 Å². The molecule has 0 spiro atoms. The minimum absolute atomic E-state index is 0.0734. The summed E-state index contributed by atoms with van der Waals surface area (Å²) in [4.78, 5) is 34.1. The Morgan fingerprint density at radius 1 is 1.25 bits per heavy atom. The monoisotopic (exact) mass is 387 g/mol. The van der Waals surface area contributed by atoms with Crippen LogP contribution in [0.1, 0.15) is 23.2 Å². The van der Waals surface area contributed by atoms with Crippen molar-refractivity contribution in [3.63, 3.8) is 0 Å². The van der Waals surface area contributed by atoms with Crippen LogP contribution in [0.5, 0.6) is 11.5 Å². The zero-order chi connectivity index (χ0) is 20.1. The molecule has 1 atom stereocenters. The third kappa shape index (κ3) is 4.11. The van der Waals surface area contributed by atoms with Crippen LogP contribution in [-0.4, -0.2) is 54.1 Å². The molecule has 0 bridgehead atoms. The molecule has 2 aromatic rings. The van der Waals surface area contributed by atoms with Crippen molar-refractivity contribution in [1.82, 2.24) is 15.3 Å². The average molecular weight is 387 g/mol. The van der Waals surface area contributed by atoms with E-state index in [9.17, 15) is 14.9 Å². The molecular weight excluding hydrogens is 366 g/mol. The third-order valence-corrected chi connectivity index (χ3v) is 4.53. The van der Waals surface area contributed by atoms with Gasteiger partial charge in [-0.25, -0.2) is 9.97 Å². The lowest BCUT2D eigenvalue weighted by Crippen LogP contribution is -2.48. The summed E-state index contributed by atoms with van der Waals surface area (Å²) in [5.74, 6) is 0.504.